The number of hydrogen-bond acceptors (Lipinski definition) is 1. The van der Waals surface area contributed by atoms with Crippen LogP contribution in [-0.4, -0.2) is 5.78 Å². The summed E-state index contributed by atoms with van der Waals surface area (Å²) in [6.07, 6.45) is 0.426. The highest BCUT2D eigenvalue weighted by Gasteiger charge is 2.02. The van der Waals surface area contributed by atoms with Crippen molar-refractivity contribution in [2.45, 2.75) is 13.3 Å². The predicted molar refractivity (Wildman–Crippen MR) is 58.6 cm³/mol. The predicted octanol–water partition coefficient (Wildman–Crippen LogP) is 3.08. The average molecular weight is 295 g/mol. The molecule has 0 aliphatic rings. The van der Waals surface area contributed by atoms with Crippen molar-refractivity contribution >= 4 is 40.0 Å². The van der Waals surface area contributed by atoms with Crippen LogP contribution in [0.5, 0.6) is 0 Å². The van der Waals surface area contributed by atoms with Gasteiger partial charge in [0.25, 0.3) is 0 Å². The molecule has 3 heteroatoms. The van der Waals surface area contributed by atoms with Gasteiger partial charge >= 0.3 is 0 Å². The number of Topliss-reactive ketones (excluding diaryl/α,β-unsaturated/α-hetero) is 1. The standard InChI is InChI=1S/C9H8ClIO/c1-6(12)4-7-2-3-8(11)5-9(7)10/h2-3,5H,4H2,1H3. The molecule has 0 N–H and O–H groups in total. The van der Waals surface area contributed by atoms with Crippen LogP contribution in [-0.2, 0) is 11.2 Å². The molecule has 1 nitrogen and oxygen atoms in total. The third-order valence-corrected chi connectivity index (χ3v) is 2.48. The molecule has 0 aliphatic heterocycles. The Labute approximate surface area is 90.3 Å². The van der Waals surface area contributed by atoms with Crippen molar-refractivity contribution in [2.75, 3.05) is 0 Å². The quantitative estimate of drug-likeness (QED) is 0.766. The number of carbonyl (C=O) groups is 1. The first-order valence-corrected chi connectivity index (χ1v) is 4.98. The number of carbonyl (C=O) groups excluding carboxylic acids is 1. The minimum absolute atomic E-state index is 0.137. The third-order valence-electron chi connectivity index (χ3n) is 1.45. The zero-order valence-corrected chi connectivity index (χ0v) is 9.52. The molecule has 0 saturated heterocycles. The van der Waals surface area contributed by atoms with Crippen molar-refractivity contribution in [1.29, 1.82) is 0 Å². The number of ketones is 1. The topological polar surface area (TPSA) is 17.1 Å². The first kappa shape index (κ1) is 9.99. The highest BCUT2D eigenvalue weighted by molar-refractivity contribution is 14.1. The number of hydrogen-bond donors (Lipinski definition) is 0. The largest absolute Gasteiger partial charge is 0.300 e. The Morgan fingerprint density at radius 2 is 2.25 bits per heavy atom. The van der Waals surface area contributed by atoms with E-state index < -0.39 is 0 Å². The molecule has 0 aliphatic carbocycles. The lowest BCUT2D eigenvalue weighted by molar-refractivity contribution is -0.116. The van der Waals surface area contributed by atoms with E-state index in [0.29, 0.717) is 11.4 Å². The van der Waals surface area contributed by atoms with Gasteiger partial charge in [-0.2, -0.15) is 0 Å². The van der Waals surface area contributed by atoms with E-state index in [1.807, 2.05) is 18.2 Å². The third kappa shape index (κ3) is 2.75. The van der Waals surface area contributed by atoms with Gasteiger partial charge in [0, 0.05) is 15.0 Å². The molecular weight excluding hydrogens is 286 g/mol. The molecule has 0 unspecified atom stereocenters. The van der Waals surface area contributed by atoms with E-state index in [1.165, 1.54) is 0 Å². The van der Waals surface area contributed by atoms with Crippen LogP contribution < -0.4 is 0 Å². The molecule has 0 saturated carbocycles. The molecule has 0 fully saturated rings. The van der Waals surface area contributed by atoms with Crippen molar-refractivity contribution in [3.63, 3.8) is 0 Å². The minimum Gasteiger partial charge on any atom is -0.300 e. The second kappa shape index (κ2) is 4.23. The zero-order chi connectivity index (χ0) is 9.14. The maximum atomic E-state index is 10.8. The van der Waals surface area contributed by atoms with Gasteiger partial charge in [-0.25, -0.2) is 0 Å². The molecule has 12 heavy (non-hydrogen) atoms. The van der Waals surface area contributed by atoms with Gasteiger partial charge in [-0.15, -0.1) is 0 Å². The van der Waals surface area contributed by atoms with Crippen LogP contribution in [0.3, 0.4) is 0 Å². The lowest BCUT2D eigenvalue weighted by atomic mass is 10.1. The van der Waals surface area contributed by atoms with E-state index in [4.69, 9.17) is 11.6 Å². The van der Waals surface area contributed by atoms with Crippen molar-refractivity contribution in [3.05, 3.63) is 32.4 Å². The van der Waals surface area contributed by atoms with E-state index >= 15 is 0 Å². The average Bonchev–Trinajstić information content (AvgIpc) is 1.94. The van der Waals surface area contributed by atoms with Gasteiger partial charge in [0.15, 0.2) is 0 Å². The van der Waals surface area contributed by atoms with Crippen LogP contribution in [0, 0.1) is 3.57 Å². The number of benzene rings is 1. The molecule has 0 radical (unpaired) electrons. The molecule has 1 rings (SSSR count). The maximum absolute atomic E-state index is 10.8. The van der Waals surface area contributed by atoms with Gasteiger partial charge in [-0.3, -0.25) is 4.79 Å². The highest BCUT2D eigenvalue weighted by atomic mass is 127. The molecule has 0 spiro atoms. The molecule has 64 valence electrons. The summed E-state index contributed by atoms with van der Waals surface area (Å²) in [6.45, 7) is 1.56. The Balaban J connectivity index is 2.93. The summed E-state index contributed by atoms with van der Waals surface area (Å²) in [5, 5.41) is 0.678. The van der Waals surface area contributed by atoms with Crippen LogP contribution in [0.4, 0.5) is 0 Å². The van der Waals surface area contributed by atoms with E-state index in [-0.39, 0.29) is 5.78 Å². The summed E-state index contributed by atoms with van der Waals surface area (Å²) >= 11 is 8.10. The van der Waals surface area contributed by atoms with E-state index in [9.17, 15) is 4.79 Å². The van der Waals surface area contributed by atoms with Crippen LogP contribution in [0.15, 0.2) is 18.2 Å². The van der Waals surface area contributed by atoms with Crippen molar-refractivity contribution < 1.29 is 4.79 Å². The lowest BCUT2D eigenvalue weighted by Crippen LogP contribution is -1.96. The van der Waals surface area contributed by atoms with E-state index in [1.54, 1.807) is 6.92 Å². The van der Waals surface area contributed by atoms with Gasteiger partial charge in [0.2, 0.25) is 0 Å². The Kier molecular flexibility index (Phi) is 3.53. The molecule has 0 amide bonds. The number of rotatable bonds is 2. The van der Waals surface area contributed by atoms with Crippen LogP contribution >= 0.6 is 34.2 Å². The molecule has 0 bridgehead atoms. The first-order valence-electron chi connectivity index (χ1n) is 3.53. The lowest BCUT2D eigenvalue weighted by Gasteiger charge is -2.01. The minimum atomic E-state index is 0.137. The second-order valence-electron chi connectivity index (χ2n) is 2.61. The first-order chi connectivity index (χ1) is 5.59. The van der Waals surface area contributed by atoms with Gasteiger partial charge < -0.3 is 0 Å². The fourth-order valence-electron chi connectivity index (χ4n) is 0.933. The summed E-state index contributed by atoms with van der Waals surface area (Å²) in [7, 11) is 0. The summed E-state index contributed by atoms with van der Waals surface area (Å²) < 4.78 is 1.09. The SMILES string of the molecule is CC(=O)Cc1ccc(I)cc1Cl. The summed E-state index contributed by atoms with van der Waals surface area (Å²) in [5.74, 6) is 0.137. The normalized spacial score (nSPS) is 9.92. The highest BCUT2D eigenvalue weighted by Crippen LogP contribution is 2.19. The Hall–Kier alpha value is -0.0900. The van der Waals surface area contributed by atoms with Gasteiger partial charge in [0.1, 0.15) is 5.78 Å². The Morgan fingerprint density at radius 3 is 2.75 bits per heavy atom. The van der Waals surface area contributed by atoms with Crippen molar-refractivity contribution in [2.24, 2.45) is 0 Å². The smallest absolute Gasteiger partial charge is 0.134 e. The Morgan fingerprint density at radius 1 is 1.58 bits per heavy atom. The van der Waals surface area contributed by atoms with Gasteiger partial charge in [0.05, 0.1) is 0 Å². The summed E-state index contributed by atoms with van der Waals surface area (Å²) in [6, 6.07) is 5.70. The van der Waals surface area contributed by atoms with Crippen LogP contribution in [0.1, 0.15) is 12.5 Å². The van der Waals surface area contributed by atoms with Gasteiger partial charge in [-0.1, -0.05) is 17.7 Å². The maximum Gasteiger partial charge on any atom is 0.134 e. The van der Waals surface area contributed by atoms with Crippen molar-refractivity contribution in [3.8, 4) is 0 Å². The fourth-order valence-corrected chi connectivity index (χ4v) is 1.86. The molecule has 0 aromatic heterocycles. The Bertz CT molecular complexity index is 309. The number of halogens is 2. The molecule has 0 heterocycles. The second-order valence-corrected chi connectivity index (χ2v) is 4.27. The molecule has 0 atom stereocenters. The molecule has 1 aromatic rings. The van der Waals surface area contributed by atoms with E-state index in [2.05, 4.69) is 22.6 Å². The van der Waals surface area contributed by atoms with Crippen LogP contribution in [0.2, 0.25) is 5.02 Å². The summed E-state index contributed by atoms with van der Waals surface area (Å²) in [5.41, 5.74) is 0.907. The fraction of sp³-hybridized carbons (Fsp3) is 0.222. The molecule has 1 aromatic carbocycles. The van der Waals surface area contributed by atoms with E-state index in [0.717, 1.165) is 9.13 Å². The van der Waals surface area contributed by atoms with Crippen molar-refractivity contribution in [1.82, 2.24) is 0 Å². The molecular formula is C9H8ClIO. The summed E-state index contributed by atoms with van der Waals surface area (Å²) in [4.78, 5) is 10.8. The van der Waals surface area contributed by atoms with Crippen LogP contribution in [0.25, 0.3) is 0 Å². The zero-order valence-electron chi connectivity index (χ0n) is 6.60. The van der Waals surface area contributed by atoms with Gasteiger partial charge in [-0.05, 0) is 47.2 Å². The monoisotopic (exact) mass is 294 g/mol.